The molecular formula is C8H10O4. The van der Waals surface area contributed by atoms with Crippen molar-refractivity contribution in [3.63, 3.8) is 0 Å². The van der Waals surface area contributed by atoms with Crippen molar-refractivity contribution in [3.05, 3.63) is 24.8 Å². The summed E-state index contributed by atoms with van der Waals surface area (Å²) in [4.78, 5) is 21.1. The van der Waals surface area contributed by atoms with Gasteiger partial charge in [-0.15, -0.1) is 0 Å². The van der Waals surface area contributed by atoms with E-state index in [1.807, 2.05) is 0 Å². The summed E-state index contributed by atoms with van der Waals surface area (Å²) in [6.45, 7) is 5.13. The molecule has 0 aliphatic carbocycles. The van der Waals surface area contributed by atoms with E-state index in [0.29, 0.717) is 0 Å². The van der Waals surface area contributed by atoms with Gasteiger partial charge < -0.3 is 9.47 Å². The molecule has 0 aromatic rings. The summed E-state index contributed by atoms with van der Waals surface area (Å²) in [5.41, 5.74) is 0. The summed E-state index contributed by atoms with van der Waals surface area (Å²) in [6, 6.07) is 0. The fourth-order valence-electron chi connectivity index (χ4n) is 0.410. The number of carbonyl (C=O) groups is 2. The molecule has 0 radical (unpaired) electrons. The highest BCUT2D eigenvalue weighted by molar-refractivity contribution is 5.89. The summed E-state index contributed by atoms with van der Waals surface area (Å²) in [7, 11) is 0. The van der Waals surface area contributed by atoms with E-state index in [4.69, 9.17) is 0 Å². The van der Waals surface area contributed by atoms with Gasteiger partial charge >= 0.3 is 12.1 Å². The first-order valence-electron chi connectivity index (χ1n) is 3.38. The summed E-state index contributed by atoms with van der Waals surface area (Å²) in [5.74, 6) is -0.770. The Labute approximate surface area is 70.5 Å². The molecule has 0 fully saturated rings. The second-order valence-electron chi connectivity index (χ2n) is 1.70. The zero-order valence-electron chi connectivity index (χ0n) is 6.78. The molecule has 0 spiro atoms. The van der Waals surface area contributed by atoms with Crippen LogP contribution >= 0.6 is 0 Å². The smallest absolute Gasteiger partial charge is 0.434 e. The van der Waals surface area contributed by atoms with Gasteiger partial charge in [-0.05, 0) is 6.92 Å². The van der Waals surface area contributed by atoms with Crippen molar-refractivity contribution in [2.45, 2.75) is 6.92 Å². The van der Waals surface area contributed by atoms with Crippen molar-refractivity contribution in [2.24, 2.45) is 0 Å². The molecule has 4 nitrogen and oxygen atoms in total. The molecule has 0 amide bonds. The van der Waals surface area contributed by atoms with E-state index >= 15 is 0 Å². The van der Waals surface area contributed by atoms with E-state index in [-0.39, 0.29) is 6.61 Å². The van der Waals surface area contributed by atoms with Crippen LogP contribution in [0.3, 0.4) is 0 Å². The summed E-state index contributed by atoms with van der Waals surface area (Å²) in [6.07, 6.45) is 2.84. The molecule has 12 heavy (non-hydrogen) atoms. The lowest BCUT2D eigenvalue weighted by Gasteiger charge is -1.98. The van der Waals surface area contributed by atoms with E-state index < -0.39 is 12.1 Å². The predicted octanol–water partition coefficient (Wildman–Crippen LogP) is 1.43. The molecule has 0 unspecified atom stereocenters. The number of hydrogen-bond acceptors (Lipinski definition) is 4. The highest BCUT2D eigenvalue weighted by atomic mass is 16.7. The Morgan fingerprint density at radius 3 is 2.67 bits per heavy atom. The molecule has 0 aromatic heterocycles. The highest BCUT2D eigenvalue weighted by Gasteiger charge is 2.06. The van der Waals surface area contributed by atoms with E-state index in [0.717, 1.165) is 6.08 Å². The van der Waals surface area contributed by atoms with E-state index in [1.54, 1.807) is 6.92 Å². The third kappa shape index (κ3) is 5.22. The van der Waals surface area contributed by atoms with Crippen molar-refractivity contribution in [2.75, 3.05) is 6.61 Å². The number of hydrogen-bond donors (Lipinski definition) is 0. The minimum atomic E-state index is -0.990. The predicted molar refractivity (Wildman–Crippen MR) is 42.5 cm³/mol. The van der Waals surface area contributed by atoms with E-state index in [2.05, 4.69) is 16.1 Å². The maximum absolute atomic E-state index is 10.6. The average Bonchev–Trinajstić information content (AvgIpc) is 2.01. The summed E-state index contributed by atoms with van der Waals surface area (Å²) >= 11 is 0. The maximum atomic E-state index is 10.6. The van der Waals surface area contributed by atoms with Gasteiger partial charge in [0.05, 0.1) is 6.61 Å². The monoisotopic (exact) mass is 170 g/mol. The van der Waals surface area contributed by atoms with Crippen molar-refractivity contribution >= 4 is 12.1 Å². The van der Waals surface area contributed by atoms with Crippen LogP contribution in [-0.2, 0) is 14.3 Å². The molecule has 0 atom stereocenters. The largest absolute Gasteiger partial charge is 0.516 e. The van der Waals surface area contributed by atoms with Gasteiger partial charge in [-0.1, -0.05) is 18.7 Å². The quantitative estimate of drug-likeness (QED) is 0.278. The first-order chi connectivity index (χ1) is 5.70. The summed E-state index contributed by atoms with van der Waals surface area (Å²) in [5, 5.41) is 0. The van der Waals surface area contributed by atoms with Gasteiger partial charge in [0.15, 0.2) is 0 Å². The minimum absolute atomic E-state index is 0.178. The Morgan fingerprint density at radius 2 is 2.17 bits per heavy atom. The van der Waals surface area contributed by atoms with Crippen molar-refractivity contribution in [3.8, 4) is 0 Å². The van der Waals surface area contributed by atoms with Crippen LogP contribution in [0.2, 0.25) is 0 Å². The minimum Gasteiger partial charge on any atom is -0.434 e. The molecule has 0 saturated heterocycles. The molecule has 66 valence electrons. The van der Waals surface area contributed by atoms with Gasteiger partial charge in [-0.25, -0.2) is 9.59 Å². The van der Waals surface area contributed by atoms with Crippen molar-refractivity contribution in [1.29, 1.82) is 0 Å². The molecule has 0 rings (SSSR count). The van der Waals surface area contributed by atoms with Crippen molar-refractivity contribution in [1.82, 2.24) is 0 Å². The van der Waals surface area contributed by atoms with Gasteiger partial charge in [-0.2, -0.15) is 0 Å². The van der Waals surface area contributed by atoms with Crippen molar-refractivity contribution < 1.29 is 19.1 Å². The lowest BCUT2D eigenvalue weighted by atomic mass is 10.5. The van der Waals surface area contributed by atoms with Crippen LogP contribution in [0.4, 0.5) is 4.79 Å². The number of rotatable bonds is 3. The maximum Gasteiger partial charge on any atom is 0.516 e. The summed E-state index contributed by atoms with van der Waals surface area (Å²) < 4.78 is 8.51. The van der Waals surface area contributed by atoms with Crippen LogP contribution in [0.25, 0.3) is 0 Å². The Hall–Kier alpha value is -1.58. The normalized spacial score (nSPS) is 9.42. The third-order valence-electron chi connectivity index (χ3n) is 0.815. The molecule has 0 heterocycles. The van der Waals surface area contributed by atoms with Gasteiger partial charge in [0.25, 0.3) is 0 Å². The van der Waals surface area contributed by atoms with Gasteiger partial charge in [0, 0.05) is 6.08 Å². The fourth-order valence-corrected chi connectivity index (χ4v) is 0.410. The Morgan fingerprint density at radius 1 is 1.50 bits per heavy atom. The fraction of sp³-hybridized carbons (Fsp3) is 0.250. The van der Waals surface area contributed by atoms with Crippen LogP contribution < -0.4 is 0 Å². The number of ether oxygens (including phenoxy) is 2. The Balaban J connectivity index is 3.76. The van der Waals surface area contributed by atoms with Gasteiger partial charge in [0.1, 0.15) is 0 Å². The second-order valence-corrected chi connectivity index (χ2v) is 1.70. The molecule has 4 heteroatoms. The van der Waals surface area contributed by atoms with Crippen LogP contribution in [0, 0.1) is 0 Å². The second kappa shape index (κ2) is 6.15. The highest BCUT2D eigenvalue weighted by Crippen LogP contribution is 1.87. The van der Waals surface area contributed by atoms with Crippen LogP contribution in [-0.4, -0.2) is 18.7 Å². The number of esters is 1. The average molecular weight is 170 g/mol. The molecule has 0 aliphatic heterocycles. The zero-order chi connectivity index (χ0) is 9.40. The first-order valence-corrected chi connectivity index (χ1v) is 3.38. The van der Waals surface area contributed by atoms with E-state index in [9.17, 15) is 9.59 Å². The number of carbonyl (C=O) groups excluding carboxylic acids is 2. The SMILES string of the molecule is C=C/C=C/C(=O)OC(=O)OCC. The molecule has 0 aliphatic rings. The third-order valence-corrected chi connectivity index (χ3v) is 0.815. The lowest BCUT2D eigenvalue weighted by Crippen LogP contribution is -2.11. The van der Waals surface area contributed by atoms with Crippen LogP contribution in [0.1, 0.15) is 6.92 Å². The van der Waals surface area contributed by atoms with Gasteiger partial charge in [-0.3, -0.25) is 0 Å². The van der Waals surface area contributed by atoms with Crippen LogP contribution in [0.5, 0.6) is 0 Å². The Kier molecular flexibility index (Phi) is 5.34. The topological polar surface area (TPSA) is 52.6 Å². The van der Waals surface area contributed by atoms with Crippen LogP contribution in [0.15, 0.2) is 24.8 Å². The van der Waals surface area contributed by atoms with Gasteiger partial charge in [0.2, 0.25) is 0 Å². The first kappa shape index (κ1) is 10.4. The molecule has 0 saturated carbocycles. The Bertz CT molecular complexity index is 205. The molecule has 0 N–H and O–H groups in total. The molecular weight excluding hydrogens is 160 g/mol. The zero-order valence-corrected chi connectivity index (χ0v) is 6.78. The molecule has 0 aromatic carbocycles. The number of allylic oxidation sites excluding steroid dienone is 2. The molecule has 0 bridgehead atoms. The standard InChI is InChI=1S/C8H10O4/c1-3-5-6-7(9)12-8(10)11-4-2/h3,5-6H,1,4H2,2H3/b6-5+. The lowest BCUT2D eigenvalue weighted by molar-refractivity contribution is -0.134. The van der Waals surface area contributed by atoms with E-state index in [1.165, 1.54) is 12.2 Å².